The van der Waals surface area contributed by atoms with Crippen molar-refractivity contribution in [1.29, 1.82) is 0 Å². The van der Waals surface area contributed by atoms with Gasteiger partial charge in [-0.2, -0.15) is 0 Å². The number of primary amides is 1. The van der Waals surface area contributed by atoms with Gasteiger partial charge in [-0.05, 0) is 55.5 Å². The zero-order valence-corrected chi connectivity index (χ0v) is 20.4. The van der Waals surface area contributed by atoms with Crippen LogP contribution in [0.5, 0.6) is 0 Å². The molecule has 3 rings (SSSR count). The lowest BCUT2D eigenvalue weighted by Gasteiger charge is -2.11. The summed E-state index contributed by atoms with van der Waals surface area (Å²) in [6, 6.07) is 6.19. The maximum Gasteiger partial charge on any atom is 0.341 e. The summed E-state index contributed by atoms with van der Waals surface area (Å²) >= 11 is 0.973. The average molecular weight is 468 g/mol. The molecule has 1 aromatic carbocycles. The van der Waals surface area contributed by atoms with Crippen molar-refractivity contribution in [3.8, 4) is 0 Å². The Morgan fingerprint density at radius 1 is 1.24 bits per heavy atom. The number of anilines is 1. The number of ether oxygens (including phenoxy) is 1. The summed E-state index contributed by atoms with van der Waals surface area (Å²) in [6.07, 6.45) is 1.73. The van der Waals surface area contributed by atoms with Crippen LogP contribution < -0.4 is 11.1 Å². The number of nitrogens with one attached hydrogen (secondary N) is 1. The van der Waals surface area contributed by atoms with Crippen molar-refractivity contribution >= 4 is 45.0 Å². The predicted molar refractivity (Wildman–Crippen MR) is 132 cm³/mol. The lowest BCUT2D eigenvalue weighted by atomic mass is 10.0. The van der Waals surface area contributed by atoms with E-state index in [2.05, 4.69) is 37.9 Å². The Balaban J connectivity index is 2.14. The van der Waals surface area contributed by atoms with E-state index < -0.39 is 11.9 Å². The average Bonchev–Trinajstić information content (AvgIpc) is 3.22. The molecular formula is C25H29N3O4S. The minimum atomic E-state index is -0.665. The normalized spacial score (nSPS) is 11.1. The number of nitrogens with zero attached hydrogens (tertiary/aromatic N) is 1. The summed E-state index contributed by atoms with van der Waals surface area (Å²) in [5.74, 6) is -1.32. The van der Waals surface area contributed by atoms with Crippen molar-refractivity contribution in [2.75, 3.05) is 11.9 Å². The molecule has 8 heteroatoms. The number of carbonyl (C=O) groups excluding carboxylic acids is 3. The Morgan fingerprint density at radius 3 is 2.52 bits per heavy atom. The van der Waals surface area contributed by atoms with Crippen LogP contribution in [0.25, 0.3) is 10.9 Å². The van der Waals surface area contributed by atoms with Gasteiger partial charge in [0.15, 0.2) is 0 Å². The molecule has 33 heavy (non-hydrogen) atoms. The minimum absolute atomic E-state index is 0.148. The highest BCUT2D eigenvalue weighted by Crippen LogP contribution is 2.35. The van der Waals surface area contributed by atoms with E-state index in [0.29, 0.717) is 23.7 Å². The van der Waals surface area contributed by atoms with Crippen molar-refractivity contribution in [2.24, 2.45) is 5.73 Å². The van der Waals surface area contributed by atoms with Crippen molar-refractivity contribution < 1.29 is 19.1 Å². The van der Waals surface area contributed by atoms with Gasteiger partial charge >= 0.3 is 5.97 Å². The summed E-state index contributed by atoms with van der Waals surface area (Å²) in [7, 11) is 0. The van der Waals surface area contributed by atoms with E-state index in [9.17, 15) is 14.4 Å². The Kier molecular flexibility index (Phi) is 7.07. The number of fused-ring (bicyclic) bond motifs is 1. The first kappa shape index (κ1) is 24.3. The molecule has 2 heterocycles. The minimum Gasteiger partial charge on any atom is -0.462 e. The summed E-state index contributed by atoms with van der Waals surface area (Å²) in [5, 5.41) is 4.06. The maximum atomic E-state index is 13.5. The van der Waals surface area contributed by atoms with Gasteiger partial charge in [0.2, 0.25) is 0 Å². The number of thiophene rings is 1. The Bertz CT molecular complexity index is 1270. The lowest BCUT2D eigenvalue weighted by Crippen LogP contribution is -2.19. The highest BCUT2D eigenvalue weighted by molar-refractivity contribution is 7.18. The predicted octanol–water partition coefficient (Wildman–Crippen LogP) is 5.16. The molecule has 0 spiro atoms. The third kappa shape index (κ3) is 4.43. The molecule has 3 N–H and O–H groups in total. The number of benzene rings is 1. The van der Waals surface area contributed by atoms with Crippen LogP contribution in [0.3, 0.4) is 0 Å². The number of aryl methyl sites for hydroxylation is 1. The van der Waals surface area contributed by atoms with E-state index in [1.54, 1.807) is 19.9 Å². The van der Waals surface area contributed by atoms with Gasteiger partial charge in [-0.1, -0.05) is 26.0 Å². The Labute approximate surface area is 197 Å². The third-order valence-electron chi connectivity index (χ3n) is 5.61. The Morgan fingerprint density at radius 2 is 1.94 bits per heavy atom. The van der Waals surface area contributed by atoms with Gasteiger partial charge in [-0.3, -0.25) is 9.59 Å². The van der Waals surface area contributed by atoms with Gasteiger partial charge in [0.25, 0.3) is 11.8 Å². The van der Waals surface area contributed by atoms with E-state index in [-0.39, 0.29) is 28.0 Å². The molecular weight excluding hydrogens is 438 g/mol. The molecule has 0 aliphatic rings. The van der Waals surface area contributed by atoms with Crippen LogP contribution in [0.4, 0.5) is 5.00 Å². The SMILES string of the molecule is C=CCn1c(C(=O)Nc2sc(C(N)=O)c(C)c2C(=O)OCC)c(C)c2cc(C(C)C)ccc21. The number of hydrogen-bond donors (Lipinski definition) is 2. The first-order valence-corrected chi connectivity index (χ1v) is 11.6. The van der Waals surface area contributed by atoms with Gasteiger partial charge in [-0.25, -0.2) is 4.79 Å². The molecule has 174 valence electrons. The van der Waals surface area contributed by atoms with E-state index in [4.69, 9.17) is 10.5 Å². The zero-order valence-electron chi connectivity index (χ0n) is 19.6. The quantitative estimate of drug-likeness (QED) is 0.353. The molecule has 0 bridgehead atoms. The molecule has 0 fully saturated rings. The number of esters is 1. The molecule has 0 aliphatic carbocycles. The first-order chi connectivity index (χ1) is 15.6. The molecule has 0 radical (unpaired) electrons. The Hall–Kier alpha value is -3.39. The summed E-state index contributed by atoms with van der Waals surface area (Å²) < 4.78 is 7.04. The number of rotatable bonds is 8. The van der Waals surface area contributed by atoms with Crippen molar-refractivity contribution in [1.82, 2.24) is 4.57 Å². The first-order valence-electron chi connectivity index (χ1n) is 10.8. The molecule has 2 aromatic heterocycles. The summed E-state index contributed by atoms with van der Waals surface area (Å²) in [4.78, 5) is 38.2. The standard InChI is InChI=1S/C25H29N3O4S/c1-7-11-28-18-10-9-16(13(3)4)12-17(18)14(5)20(28)23(30)27-24-19(25(31)32-8-2)15(6)21(33-24)22(26)29/h7,9-10,12-13H,1,8,11H2,2-6H3,(H2,26,29)(H,27,30). The number of nitrogens with two attached hydrogens (primary N) is 1. The monoisotopic (exact) mass is 467 g/mol. The van der Waals surface area contributed by atoms with Crippen LogP contribution in [0.2, 0.25) is 0 Å². The van der Waals surface area contributed by atoms with Crippen molar-refractivity contribution in [3.63, 3.8) is 0 Å². The van der Waals surface area contributed by atoms with Crippen LogP contribution in [0.1, 0.15) is 73.9 Å². The van der Waals surface area contributed by atoms with Crippen molar-refractivity contribution in [2.45, 2.75) is 47.1 Å². The smallest absolute Gasteiger partial charge is 0.341 e. The highest BCUT2D eigenvalue weighted by atomic mass is 32.1. The van der Waals surface area contributed by atoms with Crippen LogP contribution in [-0.4, -0.2) is 29.0 Å². The fraction of sp³-hybridized carbons (Fsp3) is 0.320. The van der Waals surface area contributed by atoms with E-state index in [0.717, 1.165) is 27.8 Å². The van der Waals surface area contributed by atoms with E-state index in [1.807, 2.05) is 17.6 Å². The topological polar surface area (TPSA) is 103 Å². The maximum absolute atomic E-state index is 13.5. The number of aromatic nitrogens is 1. The number of hydrogen-bond acceptors (Lipinski definition) is 5. The van der Waals surface area contributed by atoms with Crippen LogP contribution in [-0.2, 0) is 11.3 Å². The van der Waals surface area contributed by atoms with E-state index >= 15 is 0 Å². The van der Waals surface area contributed by atoms with Crippen LogP contribution in [0, 0.1) is 13.8 Å². The molecule has 0 unspecified atom stereocenters. The molecule has 3 aromatic rings. The number of amides is 2. The van der Waals surface area contributed by atoms with E-state index in [1.165, 1.54) is 5.56 Å². The van der Waals surface area contributed by atoms with Crippen molar-refractivity contribution in [3.05, 3.63) is 63.7 Å². The molecule has 0 aliphatic heterocycles. The number of carbonyl (C=O) groups is 3. The van der Waals surface area contributed by atoms with Gasteiger partial charge in [0.1, 0.15) is 10.7 Å². The zero-order chi connectivity index (χ0) is 24.4. The number of allylic oxidation sites excluding steroid dienone is 1. The fourth-order valence-corrected chi connectivity index (χ4v) is 5.00. The van der Waals surface area contributed by atoms with Gasteiger partial charge < -0.3 is 20.4 Å². The summed E-state index contributed by atoms with van der Waals surface area (Å²) in [5.41, 5.74) is 9.42. The molecule has 0 saturated carbocycles. The summed E-state index contributed by atoms with van der Waals surface area (Å²) in [6.45, 7) is 13.9. The van der Waals surface area contributed by atoms with Gasteiger partial charge in [-0.15, -0.1) is 17.9 Å². The fourth-order valence-electron chi connectivity index (χ4n) is 3.96. The van der Waals surface area contributed by atoms with Crippen LogP contribution in [0.15, 0.2) is 30.9 Å². The second kappa shape index (κ2) is 9.62. The molecule has 7 nitrogen and oxygen atoms in total. The molecule has 0 atom stereocenters. The second-order valence-corrected chi connectivity index (χ2v) is 9.12. The molecule has 2 amide bonds. The molecule has 0 saturated heterocycles. The van der Waals surface area contributed by atoms with Gasteiger partial charge in [0, 0.05) is 17.4 Å². The third-order valence-corrected chi connectivity index (χ3v) is 6.83. The second-order valence-electron chi connectivity index (χ2n) is 8.10. The largest absolute Gasteiger partial charge is 0.462 e. The lowest BCUT2D eigenvalue weighted by molar-refractivity contribution is 0.0527. The van der Waals surface area contributed by atoms with Crippen LogP contribution >= 0.6 is 11.3 Å². The van der Waals surface area contributed by atoms with Gasteiger partial charge in [0.05, 0.1) is 17.0 Å². The highest BCUT2D eigenvalue weighted by Gasteiger charge is 2.28.